The Kier molecular flexibility index (Phi) is 3.99. The highest BCUT2D eigenvalue weighted by molar-refractivity contribution is 5.77. The van der Waals surface area contributed by atoms with Crippen molar-refractivity contribution in [3.05, 3.63) is 35.4 Å². The Morgan fingerprint density at radius 3 is 2.95 bits per heavy atom. The molecule has 2 amide bonds. The summed E-state index contributed by atoms with van der Waals surface area (Å²) in [5, 5.41) is 2.65. The van der Waals surface area contributed by atoms with Gasteiger partial charge in [0, 0.05) is 24.7 Å². The summed E-state index contributed by atoms with van der Waals surface area (Å²) in [6.07, 6.45) is 0.672. The minimum absolute atomic E-state index is 0.00208. The topological polar surface area (TPSA) is 58.4 Å². The molecule has 1 fully saturated rings. The maximum absolute atomic E-state index is 13.6. The van der Waals surface area contributed by atoms with Crippen LogP contribution in [0.15, 0.2) is 18.2 Å². The van der Waals surface area contributed by atoms with Gasteiger partial charge >= 0.3 is 6.03 Å². The summed E-state index contributed by atoms with van der Waals surface area (Å²) in [5.74, 6) is -1.03. The summed E-state index contributed by atoms with van der Waals surface area (Å²) in [6, 6.07) is 2.46. The van der Waals surface area contributed by atoms with Gasteiger partial charge in [0.15, 0.2) is 0 Å². The standard InChI is InChI=1S/C13H17F2N3O/c1-8(16)4-5-18-7-12(17-13(18)19)10-6-9(14)2-3-11(10)15/h2-3,6,8,12H,4-5,7,16H2,1H3,(H,17,19). The van der Waals surface area contributed by atoms with E-state index in [1.54, 1.807) is 4.90 Å². The summed E-state index contributed by atoms with van der Waals surface area (Å²) < 4.78 is 26.8. The quantitative estimate of drug-likeness (QED) is 0.875. The van der Waals surface area contributed by atoms with Crippen LogP contribution in [0.3, 0.4) is 0 Å². The van der Waals surface area contributed by atoms with Crippen molar-refractivity contribution in [2.24, 2.45) is 5.73 Å². The average Bonchev–Trinajstić information content (AvgIpc) is 2.71. The number of hydrogen-bond acceptors (Lipinski definition) is 2. The first-order valence-corrected chi connectivity index (χ1v) is 6.23. The van der Waals surface area contributed by atoms with E-state index in [-0.39, 0.29) is 17.6 Å². The van der Waals surface area contributed by atoms with E-state index >= 15 is 0 Å². The third-order valence-corrected chi connectivity index (χ3v) is 3.18. The van der Waals surface area contributed by atoms with Crippen LogP contribution in [0.2, 0.25) is 0 Å². The molecule has 1 aromatic carbocycles. The van der Waals surface area contributed by atoms with Crippen molar-refractivity contribution in [2.45, 2.75) is 25.4 Å². The second kappa shape index (κ2) is 5.52. The van der Waals surface area contributed by atoms with Crippen LogP contribution in [-0.2, 0) is 0 Å². The van der Waals surface area contributed by atoms with E-state index < -0.39 is 17.7 Å². The number of carbonyl (C=O) groups excluding carboxylic acids is 1. The monoisotopic (exact) mass is 269 g/mol. The van der Waals surface area contributed by atoms with E-state index in [1.165, 1.54) is 0 Å². The van der Waals surface area contributed by atoms with Crippen molar-refractivity contribution < 1.29 is 13.6 Å². The van der Waals surface area contributed by atoms with Gasteiger partial charge in [0.2, 0.25) is 0 Å². The fourth-order valence-electron chi connectivity index (χ4n) is 2.10. The number of carbonyl (C=O) groups is 1. The molecule has 1 aliphatic heterocycles. The van der Waals surface area contributed by atoms with Gasteiger partial charge in [0.1, 0.15) is 11.6 Å². The van der Waals surface area contributed by atoms with Gasteiger partial charge < -0.3 is 16.0 Å². The molecule has 2 atom stereocenters. The summed E-state index contributed by atoms with van der Waals surface area (Å²) in [7, 11) is 0. The minimum Gasteiger partial charge on any atom is -0.329 e. The third-order valence-electron chi connectivity index (χ3n) is 3.18. The third kappa shape index (κ3) is 3.20. The van der Waals surface area contributed by atoms with Crippen LogP contribution in [0.4, 0.5) is 13.6 Å². The van der Waals surface area contributed by atoms with Crippen molar-refractivity contribution >= 4 is 6.03 Å². The molecule has 19 heavy (non-hydrogen) atoms. The first kappa shape index (κ1) is 13.7. The van der Waals surface area contributed by atoms with Gasteiger partial charge in [-0.15, -0.1) is 0 Å². The van der Waals surface area contributed by atoms with Gasteiger partial charge in [-0.1, -0.05) is 0 Å². The highest BCUT2D eigenvalue weighted by atomic mass is 19.1. The molecular weight excluding hydrogens is 252 g/mol. The Hall–Kier alpha value is -1.69. The van der Waals surface area contributed by atoms with Crippen LogP contribution >= 0.6 is 0 Å². The van der Waals surface area contributed by atoms with Gasteiger partial charge in [-0.3, -0.25) is 0 Å². The molecule has 1 saturated heterocycles. The van der Waals surface area contributed by atoms with Crippen LogP contribution in [0.1, 0.15) is 24.9 Å². The van der Waals surface area contributed by atoms with E-state index in [9.17, 15) is 13.6 Å². The van der Waals surface area contributed by atoms with Gasteiger partial charge in [-0.2, -0.15) is 0 Å². The van der Waals surface area contributed by atoms with Crippen LogP contribution in [0.25, 0.3) is 0 Å². The Morgan fingerprint density at radius 1 is 1.53 bits per heavy atom. The molecule has 1 heterocycles. The second-order valence-electron chi connectivity index (χ2n) is 4.88. The normalized spacial score (nSPS) is 20.5. The molecule has 0 bridgehead atoms. The van der Waals surface area contributed by atoms with Crippen LogP contribution in [0.5, 0.6) is 0 Å². The maximum Gasteiger partial charge on any atom is 0.318 e. The first-order valence-electron chi connectivity index (χ1n) is 6.23. The number of halogens is 2. The minimum atomic E-state index is -0.517. The molecule has 3 N–H and O–H groups in total. The molecule has 0 aliphatic carbocycles. The maximum atomic E-state index is 13.6. The lowest BCUT2D eigenvalue weighted by Crippen LogP contribution is -2.32. The zero-order valence-corrected chi connectivity index (χ0v) is 10.7. The summed E-state index contributed by atoms with van der Waals surface area (Å²) in [6.45, 7) is 2.70. The Morgan fingerprint density at radius 2 is 2.26 bits per heavy atom. The van der Waals surface area contributed by atoms with Crippen molar-refractivity contribution in [2.75, 3.05) is 13.1 Å². The number of rotatable bonds is 4. The number of amides is 2. The number of urea groups is 1. The summed E-state index contributed by atoms with van der Waals surface area (Å²) in [5.41, 5.74) is 5.82. The second-order valence-corrected chi connectivity index (χ2v) is 4.88. The predicted octanol–water partition coefficient (Wildman–Crippen LogP) is 1.77. The Bertz CT molecular complexity index is 479. The first-order chi connectivity index (χ1) is 8.97. The van der Waals surface area contributed by atoms with E-state index in [0.29, 0.717) is 19.5 Å². The highest BCUT2D eigenvalue weighted by Crippen LogP contribution is 2.23. The molecule has 0 spiro atoms. The van der Waals surface area contributed by atoms with E-state index in [1.807, 2.05) is 6.92 Å². The largest absolute Gasteiger partial charge is 0.329 e. The van der Waals surface area contributed by atoms with Gasteiger partial charge in [-0.25, -0.2) is 13.6 Å². The summed E-state index contributed by atoms with van der Waals surface area (Å²) in [4.78, 5) is 13.3. The van der Waals surface area contributed by atoms with E-state index in [4.69, 9.17) is 5.73 Å². The number of hydrogen-bond donors (Lipinski definition) is 2. The molecule has 1 aliphatic rings. The molecular formula is C13H17F2N3O. The van der Waals surface area contributed by atoms with Crippen molar-refractivity contribution in [1.82, 2.24) is 10.2 Å². The van der Waals surface area contributed by atoms with E-state index in [0.717, 1.165) is 18.2 Å². The zero-order chi connectivity index (χ0) is 14.0. The van der Waals surface area contributed by atoms with Crippen molar-refractivity contribution in [1.29, 1.82) is 0 Å². The summed E-state index contributed by atoms with van der Waals surface area (Å²) >= 11 is 0. The van der Waals surface area contributed by atoms with Gasteiger partial charge in [0.25, 0.3) is 0 Å². The SMILES string of the molecule is CC(N)CCN1CC(c2cc(F)ccc2F)NC1=O. The zero-order valence-electron chi connectivity index (χ0n) is 10.7. The predicted molar refractivity (Wildman–Crippen MR) is 67.5 cm³/mol. The van der Waals surface area contributed by atoms with Gasteiger partial charge in [0.05, 0.1) is 6.04 Å². The van der Waals surface area contributed by atoms with Crippen LogP contribution < -0.4 is 11.1 Å². The van der Waals surface area contributed by atoms with E-state index in [2.05, 4.69) is 5.32 Å². The molecule has 104 valence electrons. The average molecular weight is 269 g/mol. The Labute approximate surface area is 110 Å². The lowest BCUT2D eigenvalue weighted by atomic mass is 10.1. The smallest absolute Gasteiger partial charge is 0.318 e. The molecule has 0 saturated carbocycles. The molecule has 0 radical (unpaired) electrons. The molecule has 1 aromatic rings. The molecule has 0 aromatic heterocycles. The van der Waals surface area contributed by atoms with Crippen molar-refractivity contribution in [3.8, 4) is 0 Å². The molecule has 6 heteroatoms. The number of benzene rings is 1. The molecule has 4 nitrogen and oxygen atoms in total. The van der Waals surface area contributed by atoms with Gasteiger partial charge in [-0.05, 0) is 31.5 Å². The Balaban J connectivity index is 2.07. The molecule has 2 rings (SSSR count). The van der Waals surface area contributed by atoms with Crippen LogP contribution in [0, 0.1) is 11.6 Å². The molecule has 2 unspecified atom stereocenters. The number of nitrogens with two attached hydrogens (primary N) is 1. The number of nitrogens with zero attached hydrogens (tertiary/aromatic N) is 1. The lowest BCUT2D eigenvalue weighted by Gasteiger charge is -2.16. The lowest BCUT2D eigenvalue weighted by molar-refractivity contribution is 0.216. The fourth-order valence-corrected chi connectivity index (χ4v) is 2.10. The fraction of sp³-hybridized carbons (Fsp3) is 0.462. The number of nitrogens with one attached hydrogen (secondary N) is 1. The van der Waals surface area contributed by atoms with Crippen LogP contribution in [-0.4, -0.2) is 30.1 Å². The highest BCUT2D eigenvalue weighted by Gasteiger charge is 2.31. The van der Waals surface area contributed by atoms with Crippen molar-refractivity contribution in [3.63, 3.8) is 0 Å².